The summed E-state index contributed by atoms with van der Waals surface area (Å²) in [6, 6.07) is 9.45. The van der Waals surface area contributed by atoms with Gasteiger partial charge in [0.2, 0.25) is 10.9 Å². The van der Waals surface area contributed by atoms with E-state index in [4.69, 9.17) is 0 Å². The van der Waals surface area contributed by atoms with E-state index in [1.807, 2.05) is 19.1 Å². The van der Waals surface area contributed by atoms with Crippen LogP contribution in [0.3, 0.4) is 0 Å². The number of anilines is 1. The summed E-state index contributed by atoms with van der Waals surface area (Å²) in [6.45, 7) is 3.47. The number of rotatable bonds is 3. The van der Waals surface area contributed by atoms with Crippen molar-refractivity contribution in [3.05, 3.63) is 35.0 Å². The topological polar surface area (TPSA) is 83.1 Å². The van der Waals surface area contributed by atoms with Crippen molar-refractivity contribution in [1.29, 1.82) is 5.26 Å². The maximum absolute atomic E-state index is 11.2. The molecule has 0 saturated carbocycles. The van der Waals surface area contributed by atoms with Gasteiger partial charge < -0.3 is 5.32 Å². The second-order valence-electron chi connectivity index (χ2n) is 4.73. The number of amides is 1. The zero-order valence-electron chi connectivity index (χ0n) is 12.1. The van der Waals surface area contributed by atoms with Crippen molar-refractivity contribution in [1.82, 2.24) is 14.6 Å². The van der Waals surface area contributed by atoms with Crippen molar-refractivity contribution in [3.63, 3.8) is 0 Å². The number of nitrogens with zero attached hydrogens (tertiary/aromatic N) is 4. The predicted octanol–water partition coefficient (Wildman–Crippen LogP) is 2.85. The van der Waals surface area contributed by atoms with Crippen LogP contribution in [-0.2, 0) is 11.2 Å². The van der Waals surface area contributed by atoms with Crippen LogP contribution in [0.25, 0.3) is 16.2 Å². The Kier molecular flexibility index (Phi) is 3.61. The van der Waals surface area contributed by atoms with E-state index in [0.717, 1.165) is 17.0 Å². The summed E-state index contributed by atoms with van der Waals surface area (Å²) < 4.78 is 1.59. The van der Waals surface area contributed by atoms with E-state index in [9.17, 15) is 10.1 Å². The van der Waals surface area contributed by atoms with Crippen molar-refractivity contribution in [2.24, 2.45) is 0 Å². The maximum Gasteiger partial charge on any atom is 0.221 e. The number of aromatic nitrogens is 3. The smallest absolute Gasteiger partial charge is 0.221 e. The SMILES string of the molecule is CCc1nn2c(C#N)c(-c3cccc(NC(C)=O)c3)nc2s1. The molecule has 1 amide bonds. The highest BCUT2D eigenvalue weighted by Gasteiger charge is 2.17. The minimum atomic E-state index is -0.141. The number of fused-ring (bicyclic) bond motifs is 1. The van der Waals surface area contributed by atoms with Gasteiger partial charge in [-0.15, -0.1) is 0 Å². The van der Waals surface area contributed by atoms with Crippen LogP contribution in [0.4, 0.5) is 5.69 Å². The van der Waals surface area contributed by atoms with Crippen LogP contribution in [0.5, 0.6) is 0 Å². The molecular weight excluding hydrogens is 298 g/mol. The highest BCUT2D eigenvalue weighted by atomic mass is 32.1. The van der Waals surface area contributed by atoms with Crippen molar-refractivity contribution >= 4 is 27.9 Å². The summed E-state index contributed by atoms with van der Waals surface area (Å²) in [6.07, 6.45) is 0.812. The van der Waals surface area contributed by atoms with Gasteiger partial charge in [-0.05, 0) is 18.6 Å². The summed E-state index contributed by atoms with van der Waals surface area (Å²) in [4.78, 5) is 16.4. The van der Waals surface area contributed by atoms with Crippen LogP contribution in [0.2, 0.25) is 0 Å². The van der Waals surface area contributed by atoms with E-state index < -0.39 is 0 Å². The second-order valence-corrected chi connectivity index (χ2v) is 5.77. The Balaban J connectivity index is 2.12. The first-order chi connectivity index (χ1) is 10.6. The molecule has 0 aliphatic carbocycles. The lowest BCUT2D eigenvalue weighted by Crippen LogP contribution is -2.05. The maximum atomic E-state index is 11.2. The number of benzene rings is 1. The van der Waals surface area contributed by atoms with E-state index in [1.165, 1.54) is 18.3 Å². The molecule has 0 aliphatic rings. The fourth-order valence-electron chi connectivity index (χ4n) is 2.18. The Labute approximate surface area is 131 Å². The number of nitrogens with one attached hydrogen (secondary N) is 1. The molecule has 2 aromatic heterocycles. The van der Waals surface area contributed by atoms with Gasteiger partial charge in [0.25, 0.3) is 0 Å². The molecule has 6 nitrogen and oxygen atoms in total. The molecule has 0 unspecified atom stereocenters. The van der Waals surface area contributed by atoms with Crippen molar-refractivity contribution in [2.75, 3.05) is 5.32 Å². The van der Waals surface area contributed by atoms with E-state index >= 15 is 0 Å². The van der Waals surface area contributed by atoms with E-state index in [1.54, 1.807) is 16.6 Å². The molecule has 7 heteroatoms. The first-order valence-electron chi connectivity index (χ1n) is 6.79. The first-order valence-corrected chi connectivity index (χ1v) is 7.60. The van der Waals surface area contributed by atoms with Gasteiger partial charge in [-0.1, -0.05) is 30.4 Å². The van der Waals surface area contributed by atoms with Gasteiger partial charge in [0.05, 0.1) is 0 Å². The Morgan fingerprint density at radius 3 is 3.00 bits per heavy atom. The molecule has 1 N–H and O–H groups in total. The van der Waals surface area contributed by atoms with Crippen LogP contribution in [0, 0.1) is 11.3 Å². The largest absolute Gasteiger partial charge is 0.326 e. The number of carbonyl (C=O) groups is 1. The number of imidazole rings is 1. The van der Waals surface area contributed by atoms with Gasteiger partial charge >= 0.3 is 0 Å². The molecule has 0 radical (unpaired) electrons. The minimum absolute atomic E-state index is 0.141. The summed E-state index contributed by atoms with van der Waals surface area (Å²) in [5, 5.41) is 17.5. The van der Waals surface area contributed by atoms with Crippen molar-refractivity contribution < 1.29 is 4.79 Å². The average Bonchev–Trinajstić information content (AvgIpc) is 3.03. The molecule has 0 spiro atoms. The molecule has 0 bridgehead atoms. The van der Waals surface area contributed by atoms with Crippen molar-refractivity contribution in [3.8, 4) is 17.3 Å². The van der Waals surface area contributed by atoms with Gasteiger partial charge in [-0.25, -0.2) is 4.98 Å². The molecule has 0 fully saturated rings. The number of aryl methyl sites for hydroxylation is 1. The molecule has 110 valence electrons. The minimum Gasteiger partial charge on any atom is -0.326 e. The number of carbonyl (C=O) groups excluding carboxylic acids is 1. The number of nitriles is 1. The average molecular weight is 311 g/mol. The lowest BCUT2D eigenvalue weighted by molar-refractivity contribution is -0.114. The lowest BCUT2D eigenvalue weighted by Gasteiger charge is -2.04. The molecular formula is C15H13N5OS. The van der Waals surface area contributed by atoms with E-state index in [-0.39, 0.29) is 5.91 Å². The van der Waals surface area contributed by atoms with E-state index in [2.05, 4.69) is 21.5 Å². The van der Waals surface area contributed by atoms with Crippen LogP contribution in [0.15, 0.2) is 24.3 Å². The Hall–Kier alpha value is -2.72. The summed E-state index contributed by atoms with van der Waals surface area (Å²) >= 11 is 1.48. The third-order valence-corrected chi connectivity index (χ3v) is 4.16. The molecule has 22 heavy (non-hydrogen) atoms. The lowest BCUT2D eigenvalue weighted by atomic mass is 10.1. The molecule has 0 aliphatic heterocycles. The monoisotopic (exact) mass is 311 g/mol. The third kappa shape index (κ3) is 2.44. The van der Waals surface area contributed by atoms with Crippen LogP contribution in [0.1, 0.15) is 24.5 Å². The fraction of sp³-hybridized carbons (Fsp3) is 0.200. The number of hydrogen-bond donors (Lipinski definition) is 1. The summed E-state index contributed by atoms with van der Waals surface area (Å²) in [5.41, 5.74) is 2.44. The molecule has 0 atom stereocenters. The standard InChI is InChI=1S/C15H13N5OS/c1-3-13-19-20-12(8-16)14(18-15(20)22-13)10-5-4-6-11(7-10)17-9(2)21/h4-7H,3H2,1-2H3,(H,17,21). The Bertz CT molecular complexity index is 902. The molecule has 1 aromatic carbocycles. The molecule has 3 rings (SSSR count). The van der Waals surface area contributed by atoms with Crippen LogP contribution >= 0.6 is 11.3 Å². The van der Waals surface area contributed by atoms with Gasteiger partial charge in [0.1, 0.15) is 16.8 Å². The molecule has 2 heterocycles. The predicted molar refractivity (Wildman–Crippen MR) is 84.7 cm³/mol. The second kappa shape index (κ2) is 5.58. The highest BCUT2D eigenvalue weighted by molar-refractivity contribution is 7.16. The third-order valence-electron chi connectivity index (χ3n) is 3.11. The van der Waals surface area contributed by atoms with Crippen LogP contribution in [-0.4, -0.2) is 20.5 Å². The molecule has 3 aromatic rings. The van der Waals surface area contributed by atoms with Gasteiger partial charge in [0, 0.05) is 18.2 Å². The van der Waals surface area contributed by atoms with Crippen LogP contribution < -0.4 is 5.32 Å². The summed E-state index contributed by atoms with van der Waals surface area (Å²) in [5.74, 6) is -0.141. The van der Waals surface area contributed by atoms with Crippen molar-refractivity contribution in [2.45, 2.75) is 20.3 Å². The highest BCUT2D eigenvalue weighted by Crippen LogP contribution is 2.28. The van der Waals surface area contributed by atoms with E-state index in [0.29, 0.717) is 22.0 Å². The van der Waals surface area contributed by atoms with Gasteiger partial charge in [-0.3, -0.25) is 4.79 Å². The van der Waals surface area contributed by atoms with Gasteiger partial charge in [-0.2, -0.15) is 14.9 Å². The quantitative estimate of drug-likeness (QED) is 0.806. The zero-order valence-corrected chi connectivity index (χ0v) is 12.9. The zero-order chi connectivity index (χ0) is 15.7. The Morgan fingerprint density at radius 1 is 1.50 bits per heavy atom. The normalized spacial score (nSPS) is 10.6. The summed E-state index contributed by atoms with van der Waals surface area (Å²) in [7, 11) is 0. The first kappa shape index (κ1) is 14.2. The Morgan fingerprint density at radius 2 is 2.32 bits per heavy atom. The van der Waals surface area contributed by atoms with Gasteiger partial charge in [0.15, 0.2) is 5.69 Å². The number of hydrogen-bond acceptors (Lipinski definition) is 5. The molecule has 0 saturated heterocycles. The fourth-order valence-corrected chi connectivity index (χ4v) is 3.01.